The van der Waals surface area contributed by atoms with Gasteiger partial charge in [0.15, 0.2) is 11.5 Å². The van der Waals surface area contributed by atoms with Gasteiger partial charge in [0.25, 0.3) is 0 Å². The second-order valence-corrected chi connectivity index (χ2v) is 4.29. The summed E-state index contributed by atoms with van der Waals surface area (Å²) in [6, 6.07) is 6.32. The van der Waals surface area contributed by atoms with Crippen molar-refractivity contribution in [3.63, 3.8) is 0 Å². The van der Waals surface area contributed by atoms with Gasteiger partial charge in [-0.3, -0.25) is 0 Å². The largest absolute Gasteiger partial charge is 0.454 e. The van der Waals surface area contributed by atoms with Crippen molar-refractivity contribution >= 4 is 0 Å². The zero-order chi connectivity index (χ0) is 11.4. The van der Waals surface area contributed by atoms with Crippen LogP contribution < -0.4 is 15.2 Å². The van der Waals surface area contributed by atoms with Gasteiger partial charge in [-0.2, -0.15) is 0 Å². The van der Waals surface area contributed by atoms with E-state index in [1.807, 2.05) is 12.1 Å². The van der Waals surface area contributed by atoms with E-state index in [0.29, 0.717) is 6.79 Å². The van der Waals surface area contributed by atoms with E-state index in [-0.39, 0.29) is 6.04 Å². The van der Waals surface area contributed by atoms with Crippen molar-refractivity contribution in [2.75, 3.05) is 6.79 Å². The van der Waals surface area contributed by atoms with Gasteiger partial charge < -0.3 is 15.2 Å². The molecular weight excluding hydrogens is 202 g/mol. The van der Waals surface area contributed by atoms with E-state index in [9.17, 15) is 0 Å². The predicted molar refractivity (Wildman–Crippen MR) is 63.8 cm³/mol. The van der Waals surface area contributed by atoms with Gasteiger partial charge in [0.05, 0.1) is 0 Å². The molecule has 1 aromatic carbocycles. The molecule has 1 atom stereocenters. The fraction of sp³-hybridized carbons (Fsp3) is 0.538. The van der Waals surface area contributed by atoms with Crippen molar-refractivity contribution in [2.45, 2.75) is 38.6 Å². The second kappa shape index (κ2) is 5.21. The Bertz CT molecular complexity index is 352. The normalized spacial score (nSPS) is 15.1. The van der Waals surface area contributed by atoms with Crippen LogP contribution in [-0.2, 0) is 6.42 Å². The molecule has 0 aromatic heterocycles. The lowest BCUT2D eigenvalue weighted by molar-refractivity contribution is 0.174. The zero-order valence-electron chi connectivity index (χ0n) is 9.74. The van der Waals surface area contributed by atoms with E-state index >= 15 is 0 Å². The number of ether oxygens (including phenoxy) is 2. The number of fused-ring (bicyclic) bond motifs is 1. The second-order valence-electron chi connectivity index (χ2n) is 4.29. The summed E-state index contributed by atoms with van der Waals surface area (Å²) in [5, 5.41) is 0. The average molecular weight is 221 g/mol. The molecule has 0 saturated carbocycles. The zero-order valence-corrected chi connectivity index (χ0v) is 9.74. The van der Waals surface area contributed by atoms with E-state index in [4.69, 9.17) is 15.2 Å². The van der Waals surface area contributed by atoms with Gasteiger partial charge in [-0.1, -0.05) is 25.8 Å². The minimum Gasteiger partial charge on any atom is -0.454 e. The molecular formula is C13H19NO2. The highest BCUT2D eigenvalue weighted by Crippen LogP contribution is 2.32. The Kier molecular flexibility index (Phi) is 3.67. The van der Waals surface area contributed by atoms with Crippen LogP contribution in [0.1, 0.15) is 31.7 Å². The Balaban J connectivity index is 1.94. The third kappa shape index (κ3) is 2.67. The van der Waals surface area contributed by atoms with E-state index in [2.05, 4.69) is 13.0 Å². The summed E-state index contributed by atoms with van der Waals surface area (Å²) in [5.74, 6) is 1.69. The van der Waals surface area contributed by atoms with Crippen LogP contribution in [-0.4, -0.2) is 12.8 Å². The Hall–Kier alpha value is -1.22. The Morgan fingerprint density at radius 2 is 2.12 bits per heavy atom. The molecule has 2 N–H and O–H groups in total. The van der Waals surface area contributed by atoms with Crippen LogP contribution in [0, 0.1) is 0 Å². The molecule has 2 rings (SSSR count). The van der Waals surface area contributed by atoms with Crippen LogP contribution >= 0.6 is 0 Å². The molecule has 3 nitrogen and oxygen atoms in total. The van der Waals surface area contributed by atoms with Crippen molar-refractivity contribution in [3.8, 4) is 11.5 Å². The number of rotatable bonds is 5. The standard InChI is InChI=1S/C13H19NO2/c1-2-3-4-11(14)7-10-5-6-12-13(8-10)16-9-15-12/h5-6,8,11H,2-4,7,9,14H2,1H3. The van der Waals surface area contributed by atoms with E-state index in [0.717, 1.165) is 24.3 Å². The van der Waals surface area contributed by atoms with Crippen LogP contribution in [0.4, 0.5) is 0 Å². The molecule has 0 aliphatic carbocycles. The molecule has 0 saturated heterocycles. The number of benzene rings is 1. The molecule has 1 aliphatic rings. The first-order valence-electron chi connectivity index (χ1n) is 5.93. The highest BCUT2D eigenvalue weighted by atomic mass is 16.7. The Morgan fingerprint density at radius 1 is 1.31 bits per heavy atom. The number of hydrogen-bond acceptors (Lipinski definition) is 3. The maximum Gasteiger partial charge on any atom is 0.231 e. The van der Waals surface area contributed by atoms with Crippen LogP contribution in [0.3, 0.4) is 0 Å². The van der Waals surface area contributed by atoms with E-state index in [1.165, 1.54) is 18.4 Å². The van der Waals surface area contributed by atoms with Crippen LogP contribution in [0.2, 0.25) is 0 Å². The van der Waals surface area contributed by atoms with Crippen molar-refractivity contribution < 1.29 is 9.47 Å². The Labute approximate surface area is 96.5 Å². The van der Waals surface area contributed by atoms with Crippen molar-refractivity contribution in [1.82, 2.24) is 0 Å². The summed E-state index contributed by atoms with van der Waals surface area (Å²) < 4.78 is 10.6. The summed E-state index contributed by atoms with van der Waals surface area (Å²) in [4.78, 5) is 0. The van der Waals surface area contributed by atoms with Crippen molar-refractivity contribution in [3.05, 3.63) is 23.8 Å². The first-order valence-corrected chi connectivity index (χ1v) is 5.93. The minimum absolute atomic E-state index is 0.250. The molecule has 1 aromatic rings. The van der Waals surface area contributed by atoms with Crippen LogP contribution in [0.15, 0.2) is 18.2 Å². The lowest BCUT2D eigenvalue weighted by Crippen LogP contribution is -2.22. The average Bonchev–Trinajstić information content (AvgIpc) is 2.73. The minimum atomic E-state index is 0.250. The summed E-state index contributed by atoms with van der Waals surface area (Å²) in [7, 11) is 0. The first-order chi connectivity index (χ1) is 7.79. The highest BCUT2D eigenvalue weighted by molar-refractivity contribution is 5.44. The van der Waals surface area contributed by atoms with Gasteiger partial charge in [-0.05, 0) is 30.5 Å². The molecule has 16 heavy (non-hydrogen) atoms. The molecule has 0 spiro atoms. The summed E-state index contributed by atoms with van der Waals surface area (Å²) in [6.07, 6.45) is 4.40. The summed E-state index contributed by atoms with van der Waals surface area (Å²) >= 11 is 0. The quantitative estimate of drug-likeness (QED) is 0.830. The van der Waals surface area contributed by atoms with Gasteiger partial charge in [0.1, 0.15) is 0 Å². The third-order valence-corrected chi connectivity index (χ3v) is 2.86. The van der Waals surface area contributed by atoms with E-state index < -0.39 is 0 Å². The maximum absolute atomic E-state index is 6.06. The lowest BCUT2D eigenvalue weighted by atomic mass is 10.0. The number of hydrogen-bond donors (Lipinski definition) is 1. The van der Waals surface area contributed by atoms with Crippen LogP contribution in [0.5, 0.6) is 11.5 Å². The predicted octanol–water partition coefficient (Wildman–Crippen LogP) is 2.48. The summed E-state index contributed by atoms with van der Waals surface area (Å²) in [5.41, 5.74) is 7.29. The molecule has 1 aliphatic heterocycles. The molecule has 0 bridgehead atoms. The third-order valence-electron chi connectivity index (χ3n) is 2.86. The molecule has 0 fully saturated rings. The number of nitrogens with two attached hydrogens (primary N) is 1. The monoisotopic (exact) mass is 221 g/mol. The molecule has 0 amide bonds. The van der Waals surface area contributed by atoms with Crippen molar-refractivity contribution in [1.29, 1.82) is 0 Å². The van der Waals surface area contributed by atoms with Crippen molar-refractivity contribution in [2.24, 2.45) is 5.73 Å². The lowest BCUT2D eigenvalue weighted by Gasteiger charge is -2.11. The van der Waals surface area contributed by atoms with Gasteiger partial charge in [-0.15, -0.1) is 0 Å². The Morgan fingerprint density at radius 3 is 2.94 bits per heavy atom. The molecule has 88 valence electrons. The van der Waals surface area contributed by atoms with Gasteiger partial charge in [0, 0.05) is 6.04 Å². The topological polar surface area (TPSA) is 44.5 Å². The fourth-order valence-corrected chi connectivity index (χ4v) is 1.94. The number of unbranched alkanes of at least 4 members (excludes halogenated alkanes) is 1. The smallest absolute Gasteiger partial charge is 0.231 e. The van der Waals surface area contributed by atoms with Gasteiger partial charge >= 0.3 is 0 Å². The molecule has 1 unspecified atom stereocenters. The summed E-state index contributed by atoms with van der Waals surface area (Å²) in [6.45, 7) is 2.52. The first kappa shape index (κ1) is 11.3. The molecule has 3 heteroatoms. The van der Waals surface area contributed by atoms with Crippen LogP contribution in [0.25, 0.3) is 0 Å². The van der Waals surface area contributed by atoms with Gasteiger partial charge in [-0.25, -0.2) is 0 Å². The van der Waals surface area contributed by atoms with E-state index in [1.54, 1.807) is 0 Å². The maximum atomic E-state index is 6.06. The highest BCUT2D eigenvalue weighted by Gasteiger charge is 2.14. The SMILES string of the molecule is CCCCC(N)Cc1ccc2c(c1)OCO2. The molecule has 1 heterocycles. The fourth-order valence-electron chi connectivity index (χ4n) is 1.94. The van der Waals surface area contributed by atoms with Gasteiger partial charge in [0.2, 0.25) is 6.79 Å². The molecule has 0 radical (unpaired) electrons.